The topological polar surface area (TPSA) is 86.5 Å². The molecule has 0 N–H and O–H groups in total. The van der Waals surface area contributed by atoms with Gasteiger partial charge in [-0.1, -0.05) is 32.0 Å². The van der Waals surface area contributed by atoms with E-state index < -0.39 is 10.0 Å². The Labute approximate surface area is 195 Å². The fourth-order valence-electron chi connectivity index (χ4n) is 3.79. The van der Waals surface area contributed by atoms with Crippen LogP contribution in [0.3, 0.4) is 0 Å². The molecular formula is C24H30N4O4S. The van der Waals surface area contributed by atoms with E-state index in [4.69, 9.17) is 9.47 Å². The van der Waals surface area contributed by atoms with Crippen molar-refractivity contribution in [3.8, 4) is 5.88 Å². The second-order valence-electron chi connectivity index (χ2n) is 8.51. The molecule has 33 heavy (non-hydrogen) atoms. The van der Waals surface area contributed by atoms with E-state index in [1.54, 1.807) is 42.6 Å². The second-order valence-corrected chi connectivity index (χ2v) is 10.3. The van der Waals surface area contributed by atoms with Gasteiger partial charge in [0.15, 0.2) is 0 Å². The van der Waals surface area contributed by atoms with Crippen LogP contribution in [0.25, 0.3) is 0 Å². The van der Waals surface area contributed by atoms with E-state index in [0.29, 0.717) is 37.9 Å². The Kier molecular flexibility index (Phi) is 7.11. The molecule has 0 spiro atoms. The minimum atomic E-state index is -3.63. The standard InChI is InChI=1S/C24H30N4O4S/c1-18(2)24-25-19(3)14-23(26-24)32-17-21-16-27(12-13-31-21)15-20-8-7-11-28(20)33(29,30)22-9-5-4-6-10-22/h4-11,14,18,21H,12-13,15-17H2,1-3H3. The third-order valence-electron chi connectivity index (χ3n) is 5.48. The zero-order valence-electron chi connectivity index (χ0n) is 19.2. The van der Waals surface area contributed by atoms with Gasteiger partial charge in [-0.2, -0.15) is 4.98 Å². The molecule has 1 aromatic carbocycles. The number of aryl methyl sites for hydroxylation is 1. The first-order chi connectivity index (χ1) is 15.8. The van der Waals surface area contributed by atoms with Crippen molar-refractivity contribution in [3.63, 3.8) is 0 Å². The minimum Gasteiger partial charge on any atom is -0.475 e. The quantitative estimate of drug-likeness (QED) is 0.500. The summed E-state index contributed by atoms with van der Waals surface area (Å²) in [7, 11) is -3.63. The summed E-state index contributed by atoms with van der Waals surface area (Å²) in [5.74, 6) is 1.53. The van der Waals surface area contributed by atoms with Crippen LogP contribution in [-0.2, 0) is 21.3 Å². The van der Waals surface area contributed by atoms with Gasteiger partial charge in [-0.3, -0.25) is 4.90 Å². The molecule has 0 bridgehead atoms. The molecule has 1 aliphatic heterocycles. The summed E-state index contributed by atoms with van der Waals surface area (Å²) in [6.45, 7) is 8.81. The van der Waals surface area contributed by atoms with Crippen molar-refractivity contribution in [1.82, 2.24) is 18.8 Å². The summed E-state index contributed by atoms with van der Waals surface area (Å²) in [4.78, 5) is 11.4. The molecule has 1 saturated heterocycles. The molecule has 0 radical (unpaired) electrons. The van der Waals surface area contributed by atoms with Crippen LogP contribution in [0.15, 0.2) is 59.6 Å². The van der Waals surface area contributed by atoms with E-state index in [0.717, 1.165) is 18.1 Å². The highest BCUT2D eigenvalue weighted by atomic mass is 32.2. The van der Waals surface area contributed by atoms with Crippen LogP contribution >= 0.6 is 0 Å². The maximum atomic E-state index is 13.1. The lowest BCUT2D eigenvalue weighted by Crippen LogP contribution is -2.44. The first-order valence-corrected chi connectivity index (χ1v) is 12.6. The highest BCUT2D eigenvalue weighted by molar-refractivity contribution is 7.90. The van der Waals surface area contributed by atoms with E-state index in [2.05, 4.69) is 28.7 Å². The highest BCUT2D eigenvalue weighted by Crippen LogP contribution is 2.20. The molecule has 2 aromatic heterocycles. The zero-order valence-corrected chi connectivity index (χ0v) is 20.0. The lowest BCUT2D eigenvalue weighted by Gasteiger charge is -2.32. The van der Waals surface area contributed by atoms with Crippen molar-refractivity contribution >= 4 is 10.0 Å². The molecule has 1 atom stereocenters. The van der Waals surface area contributed by atoms with Gasteiger partial charge in [0.2, 0.25) is 5.88 Å². The third kappa shape index (κ3) is 5.61. The van der Waals surface area contributed by atoms with Crippen molar-refractivity contribution in [3.05, 3.63) is 71.9 Å². The molecule has 0 saturated carbocycles. The number of hydrogen-bond donors (Lipinski definition) is 0. The molecule has 0 amide bonds. The summed E-state index contributed by atoms with van der Waals surface area (Å²) in [6, 6.07) is 13.9. The van der Waals surface area contributed by atoms with Crippen molar-refractivity contribution in [2.24, 2.45) is 0 Å². The molecule has 9 heteroatoms. The van der Waals surface area contributed by atoms with Gasteiger partial charge in [0.1, 0.15) is 18.5 Å². The number of ether oxygens (including phenoxy) is 2. The maximum Gasteiger partial charge on any atom is 0.267 e. The van der Waals surface area contributed by atoms with Gasteiger partial charge in [-0.15, -0.1) is 0 Å². The Hall–Kier alpha value is -2.75. The molecule has 3 heterocycles. The van der Waals surface area contributed by atoms with E-state index in [9.17, 15) is 8.42 Å². The van der Waals surface area contributed by atoms with Crippen LogP contribution in [-0.4, -0.2) is 59.7 Å². The number of aromatic nitrogens is 3. The van der Waals surface area contributed by atoms with Crippen LogP contribution in [0, 0.1) is 6.92 Å². The summed E-state index contributed by atoms with van der Waals surface area (Å²) in [6.07, 6.45) is 1.47. The van der Waals surface area contributed by atoms with Gasteiger partial charge < -0.3 is 9.47 Å². The molecule has 1 unspecified atom stereocenters. The van der Waals surface area contributed by atoms with Crippen LogP contribution in [0.2, 0.25) is 0 Å². The number of nitrogens with zero attached hydrogens (tertiary/aromatic N) is 4. The van der Waals surface area contributed by atoms with Gasteiger partial charge in [0.25, 0.3) is 10.0 Å². The lowest BCUT2D eigenvalue weighted by atomic mass is 10.2. The summed E-state index contributed by atoms with van der Waals surface area (Å²) < 4.78 is 39.3. The van der Waals surface area contributed by atoms with Crippen LogP contribution in [0.1, 0.15) is 37.0 Å². The van der Waals surface area contributed by atoms with Crippen LogP contribution < -0.4 is 4.74 Å². The number of morpholine rings is 1. The van der Waals surface area contributed by atoms with Crippen LogP contribution in [0.5, 0.6) is 5.88 Å². The van der Waals surface area contributed by atoms with Crippen molar-refractivity contribution in [1.29, 1.82) is 0 Å². The average Bonchev–Trinajstić information content (AvgIpc) is 3.27. The molecule has 8 nitrogen and oxygen atoms in total. The Morgan fingerprint density at radius 3 is 2.70 bits per heavy atom. The normalized spacial score (nSPS) is 17.4. The summed E-state index contributed by atoms with van der Waals surface area (Å²) in [5.41, 5.74) is 1.59. The first kappa shape index (κ1) is 23.4. The number of hydrogen-bond acceptors (Lipinski definition) is 7. The number of benzene rings is 1. The predicted octanol–water partition coefficient (Wildman–Crippen LogP) is 3.23. The van der Waals surface area contributed by atoms with Crippen LogP contribution in [0.4, 0.5) is 0 Å². The zero-order chi connectivity index (χ0) is 23.4. The monoisotopic (exact) mass is 470 g/mol. The van der Waals surface area contributed by atoms with Gasteiger partial charge in [-0.05, 0) is 31.2 Å². The first-order valence-electron chi connectivity index (χ1n) is 11.1. The second kappa shape index (κ2) is 10.0. The van der Waals surface area contributed by atoms with Gasteiger partial charge >= 0.3 is 0 Å². The SMILES string of the molecule is Cc1cc(OCC2CN(Cc3cccn3S(=O)(=O)c3ccccc3)CCO2)nc(C(C)C)n1. The molecule has 1 aliphatic rings. The van der Waals surface area contributed by atoms with Gasteiger partial charge in [0.05, 0.1) is 11.5 Å². The van der Waals surface area contributed by atoms with E-state index >= 15 is 0 Å². The molecular weight excluding hydrogens is 440 g/mol. The van der Waals surface area contributed by atoms with Gasteiger partial charge in [0, 0.05) is 49.2 Å². The minimum absolute atomic E-state index is 0.134. The van der Waals surface area contributed by atoms with Gasteiger partial charge in [-0.25, -0.2) is 17.4 Å². The Balaban J connectivity index is 1.40. The predicted molar refractivity (Wildman–Crippen MR) is 125 cm³/mol. The molecule has 4 rings (SSSR count). The highest BCUT2D eigenvalue weighted by Gasteiger charge is 2.25. The number of rotatable bonds is 8. The van der Waals surface area contributed by atoms with Crippen molar-refractivity contribution < 1.29 is 17.9 Å². The average molecular weight is 471 g/mol. The Morgan fingerprint density at radius 2 is 1.94 bits per heavy atom. The maximum absolute atomic E-state index is 13.1. The molecule has 1 fully saturated rings. The van der Waals surface area contributed by atoms with Crippen molar-refractivity contribution in [2.75, 3.05) is 26.3 Å². The summed E-state index contributed by atoms with van der Waals surface area (Å²) in [5, 5.41) is 0. The van der Waals surface area contributed by atoms with E-state index in [1.165, 1.54) is 3.97 Å². The largest absolute Gasteiger partial charge is 0.475 e. The Bertz CT molecular complexity index is 1180. The van der Waals surface area contributed by atoms with E-state index in [-0.39, 0.29) is 16.9 Å². The van der Waals surface area contributed by atoms with E-state index in [1.807, 2.05) is 19.1 Å². The smallest absolute Gasteiger partial charge is 0.267 e. The third-order valence-corrected chi connectivity index (χ3v) is 7.23. The molecule has 176 valence electrons. The summed E-state index contributed by atoms with van der Waals surface area (Å²) >= 11 is 0. The Morgan fingerprint density at radius 1 is 1.15 bits per heavy atom. The fourth-order valence-corrected chi connectivity index (χ4v) is 5.18. The lowest BCUT2D eigenvalue weighted by molar-refractivity contribution is -0.0514. The molecule has 3 aromatic rings. The van der Waals surface area contributed by atoms with Crippen molar-refractivity contribution in [2.45, 2.75) is 44.2 Å². The molecule has 0 aliphatic carbocycles. The fraction of sp³-hybridized carbons (Fsp3) is 0.417.